The fourth-order valence-electron chi connectivity index (χ4n) is 4.69. The maximum absolute atomic E-state index is 12.9. The van der Waals surface area contributed by atoms with Gasteiger partial charge in [-0.15, -0.1) is 11.3 Å². The Morgan fingerprint density at radius 3 is 2.48 bits per heavy atom. The molecule has 0 spiro atoms. The highest BCUT2D eigenvalue weighted by Gasteiger charge is 2.31. The van der Waals surface area contributed by atoms with Gasteiger partial charge in [0.25, 0.3) is 0 Å². The smallest absolute Gasteiger partial charge is 0.228 e. The molecule has 1 atom stereocenters. The maximum Gasteiger partial charge on any atom is 0.228 e. The highest BCUT2D eigenvalue weighted by Crippen LogP contribution is 2.26. The van der Waals surface area contributed by atoms with Crippen LogP contribution in [0.15, 0.2) is 29.6 Å². The molecule has 5 nitrogen and oxygen atoms in total. The molecule has 4 rings (SSSR count). The highest BCUT2D eigenvalue weighted by molar-refractivity contribution is 7.13. The molecule has 0 bridgehead atoms. The van der Waals surface area contributed by atoms with Crippen molar-refractivity contribution in [3.05, 3.63) is 40.9 Å². The van der Waals surface area contributed by atoms with E-state index in [4.69, 9.17) is 4.98 Å². The first kappa shape index (κ1) is 22.0. The minimum Gasteiger partial charge on any atom is -0.342 e. The predicted molar refractivity (Wildman–Crippen MR) is 125 cm³/mol. The van der Waals surface area contributed by atoms with Gasteiger partial charge in [-0.2, -0.15) is 0 Å². The van der Waals surface area contributed by atoms with Crippen LogP contribution in [0.3, 0.4) is 0 Å². The quantitative estimate of drug-likeness (QED) is 0.693. The molecule has 0 saturated carbocycles. The molecular formula is C25H33N3O2S. The Labute approximate surface area is 189 Å². The van der Waals surface area contributed by atoms with Gasteiger partial charge in [0.2, 0.25) is 11.8 Å². The number of aryl methyl sites for hydroxylation is 1. The molecule has 3 heterocycles. The number of rotatable bonds is 5. The molecule has 31 heavy (non-hydrogen) atoms. The van der Waals surface area contributed by atoms with Gasteiger partial charge in [0.1, 0.15) is 5.01 Å². The van der Waals surface area contributed by atoms with Crippen LogP contribution in [0.25, 0.3) is 10.6 Å². The van der Waals surface area contributed by atoms with E-state index in [1.165, 1.54) is 12.0 Å². The Kier molecular flexibility index (Phi) is 7.06. The number of likely N-dealkylation sites (tertiary alicyclic amines) is 2. The van der Waals surface area contributed by atoms with Gasteiger partial charge in [0, 0.05) is 43.0 Å². The van der Waals surface area contributed by atoms with Crippen LogP contribution in [0.5, 0.6) is 0 Å². The molecule has 0 radical (unpaired) electrons. The van der Waals surface area contributed by atoms with E-state index in [0.717, 1.165) is 55.0 Å². The minimum atomic E-state index is 0.0753. The van der Waals surface area contributed by atoms with Crippen LogP contribution in [0.1, 0.15) is 50.8 Å². The molecular weight excluding hydrogens is 406 g/mol. The molecule has 1 unspecified atom stereocenters. The Balaban J connectivity index is 1.28. The first-order valence-electron chi connectivity index (χ1n) is 11.6. The maximum atomic E-state index is 12.9. The average Bonchev–Trinajstić information content (AvgIpc) is 3.27. The zero-order valence-corrected chi connectivity index (χ0v) is 19.5. The van der Waals surface area contributed by atoms with Crippen LogP contribution in [0, 0.1) is 11.8 Å². The zero-order valence-electron chi connectivity index (χ0n) is 18.7. The van der Waals surface area contributed by atoms with Crippen LogP contribution >= 0.6 is 11.3 Å². The lowest BCUT2D eigenvalue weighted by Crippen LogP contribution is -2.47. The Morgan fingerprint density at radius 2 is 1.81 bits per heavy atom. The summed E-state index contributed by atoms with van der Waals surface area (Å²) in [5.74, 6) is 1.10. The second-order valence-electron chi connectivity index (χ2n) is 9.06. The van der Waals surface area contributed by atoms with Crippen molar-refractivity contribution in [2.24, 2.45) is 11.8 Å². The summed E-state index contributed by atoms with van der Waals surface area (Å²) in [5.41, 5.74) is 3.25. The molecule has 2 aromatic rings. The van der Waals surface area contributed by atoms with Gasteiger partial charge in [0.05, 0.1) is 12.1 Å². The fourth-order valence-corrected chi connectivity index (χ4v) is 5.52. The lowest BCUT2D eigenvalue weighted by atomic mass is 9.92. The first-order valence-corrected chi connectivity index (χ1v) is 12.5. The Morgan fingerprint density at radius 1 is 1.06 bits per heavy atom. The molecule has 1 aromatic heterocycles. The number of carbonyl (C=O) groups is 2. The van der Waals surface area contributed by atoms with Crippen molar-refractivity contribution < 1.29 is 9.59 Å². The van der Waals surface area contributed by atoms with Crippen molar-refractivity contribution in [1.29, 1.82) is 0 Å². The van der Waals surface area contributed by atoms with Crippen LogP contribution in [0.2, 0.25) is 0 Å². The molecule has 1 aromatic carbocycles. The summed E-state index contributed by atoms with van der Waals surface area (Å²) in [4.78, 5) is 34.3. The normalized spacial score (nSPS) is 20.1. The second-order valence-corrected chi connectivity index (χ2v) is 9.92. The predicted octanol–water partition coefficient (Wildman–Crippen LogP) is 4.41. The molecule has 2 saturated heterocycles. The van der Waals surface area contributed by atoms with Crippen LogP contribution in [0.4, 0.5) is 0 Å². The lowest BCUT2D eigenvalue weighted by Gasteiger charge is -2.37. The van der Waals surface area contributed by atoms with Gasteiger partial charge in [0.15, 0.2) is 0 Å². The molecule has 2 amide bonds. The van der Waals surface area contributed by atoms with E-state index in [1.807, 2.05) is 10.3 Å². The van der Waals surface area contributed by atoms with Gasteiger partial charge in [-0.3, -0.25) is 9.59 Å². The van der Waals surface area contributed by atoms with E-state index in [9.17, 15) is 9.59 Å². The summed E-state index contributed by atoms with van der Waals surface area (Å²) in [6.45, 7) is 7.52. The molecule has 6 heteroatoms. The number of hydrogen-bond acceptors (Lipinski definition) is 4. The molecule has 0 N–H and O–H groups in total. The third kappa shape index (κ3) is 5.35. The largest absolute Gasteiger partial charge is 0.342 e. The minimum absolute atomic E-state index is 0.0753. The van der Waals surface area contributed by atoms with E-state index >= 15 is 0 Å². The Bertz CT molecular complexity index is 900. The summed E-state index contributed by atoms with van der Waals surface area (Å²) in [6.07, 6.45) is 5.26. The van der Waals surface area contributed by atoms with Crippen LogP contribution < -0.4 is 0 Å². The summed E-state index contributed by atoms with van der Waals surface area (Å²) < 4.78 is 0. The molecule has 2 aliphatic rings. The molecule has 2 fully saturated rings. The third-order valence-corrected chi connectivity index (χ3v) is 7.60. The second kappa shape index (κ2) is 9.94. The summed E-state index contributed by atoms with van der Waals surface area (Å²) in [5, 5.41) is 2.96. The lowest BCUT2D eigenvalue weighted by molar-refractivity contribution is -0.141. The van der Waals surface area contributed by atoms with Crippen molar-refractivity contribution in [2.45, 2.75) is 52.4 Å². The first-order chi connectivity index (χ1) is 15.0. The number of benzene rings is 1. The standard InChI is InChI=1S/C25H33N3O2S/c1-3-19-6-8-20(9-7-19)24-26-22(17-31-24)15-23(29)27-13-10-21(11-14-27)25(30)28-12-4-5-18(2)16-28/h6-9,17-18,21H,3-5,10-16H2,1-2H3. The summed E-state index contributed by atoms with van der Waals surface area (Å²) in [7, 11) is 0. The van der Waals surface area contributed by atoms with Crippen molar-refractivity contribution in [2.75, 3.05) is 26.2 Å². The number of nitrogens with zero attached hydrogens (tertiary/aromatic N) is 3. The number of piperidine rings is 2. The molecule has 166 valence electrons. The fraction of sp³-hybridized carbons (Fsp3) is 0.560. The van der Waals surface area contributed by atoms with Gasteiger partial charge in [-0.05, 0) is 43.6 Å². The van der Waals surface area contributed by atoms with E-state index in [-0.39, 0.29) is 11.8 Å². The van der Waals surface area contributed by atoms with Crippen molar-refractivity contribution >= 4 is 23.2 Å². The summed E-state index contributed by atoms with van der Waals surface area (Å²) in [6, 6.07) is 8.48. The highest BCUT2D eigenvalue weighted by atomic mass is 32.1. The van der Waals surface area contributed by atoms with Gasteiger partial charge in [-0.25, -0.2) is 4.98 Å². The van der Waals surface area contributed by atoms with Crippen LogP contribution in [-0.2, 0) is 22.4 Å². The topological polar surface area (TPSA) is 53.5 Å². The van der Waals surface area contributed by atoms with Crippen LogP contribution in [-0.4, -0.2) is 52.8 Å². The van der Waals surface area contributed by atoms with Crippen molar-refractivity contribution in [3.63, 3.8) is 0 Å². The van der Waals surface area contributed by atoms with Gasteiger partial charge >= 0.3 is 0 Å². The Hall–Kier alpha value is -2.21. The van der Waals surface area contributed by atoms with E-state index in [1.54, 1.807) is 11.3 Å². The summed E-state index contributed by atoms with van der Waals surface area (Å²) >= 11 is 1.59. The average molecular weight is 440 g/mol. The number of hydrogen-bond donors (Lipinski definition) is 0. The zero-order chi connectivity index (χ0) is 21.8. The number of thiazole rings is 1. The van der Waals surface area contributed by atoms with Crippen molar-refractivity contribution in [3.8, 4) is 10.6 Å². The number of amides is 2. The molecule has 2 aliphatic heterocycles. The van der Waals surface area contributed by atoms with Gasteiger partial charge in [-0.1, -0.05) is 38.1 Å². The van der Waals surface area contributed by atoms with E-state index < -0.39 is 0 Å². The number of carbonyl (C=O) groups excluding carboxylic acids is 2. The third-order valence-electron chi connectivity index (χ3n) is 6.66. The number of aromatic nitrogens is 1. The van der Waals surface area contributed by atoms with E-state index in [0.29, 0.717) is 31.3 Å². The molecule has 0 aliphatic carbocycles. The van der Waals surface area contributed by atoms with E-state index in [2.05, 4.69) is 43.0 Å². The SMILES string of the molecule is CCc1ccc(-c2nc(CC(=O)N3CCC(C(=O)N4CCCC(C)C4)CC3)cs2)cc1. The van der Waals surface area contributed by atoms with Gasteiger partial charge < -0.3 is 9.80 Å². The van der Waals surface area contributed by atoms with Crippen molar-refractivity contribution in [1.82, 2.24) is 14.8 Å². The monoisotopic (exact) mass is 439 g/mol.